The maximum absolute atomic E-state index is 12.4. The van der Waals surface area contributed by atoms with E-state index in [1.54, 1.807) is 37.3 Å². The average molecular weight is 296 g/mol. The summed E-state index contributed by atoms with van der Waals surface area (Å²) in [5.74, 6) is 0. The molecule has 0 spiro atoms. The minimum Gasteiger partial charge on any atom is -0.279 e. The lowest BCUT2D eigenvalue weighted by molar-refractivity contribution is 0.600. The second-order valence-corrected chi connectivity index (χ2v) is 6.34. The Morgan fingerprint density at radius 1 is 1.00 bits per heavy atom. The zero-order chi connectivity index (χ0) is 14.0. The SMILES string of the molecule is Cc1ccccc1NS(=O)(=O)c1cccc(Cl)c1C. The summed E-state index contributed by atoms with van der Waals surface area (Å²) in [6, 6.07) is 12.1. The largest absolute Gasteiger partial charge is 0.279 e. The van der Waals surface area contributed by atoms with Crippen molar-refractivity contribution in [2.24, 2.45) is 0 Å². The van der Waals surface area contributed by atoms with Gasteiger partial charge in [0.25, 0.3) is 10.0 Å². The first kappa shape index (κ1) is 13.9. The highest BCUT2D eigenvalue weighted by Crippen LogP contribution is 2.25. The average Bonchev–Trinajstić information content (AvgIpc) is 2.35. The minimum atomic E-state index is -3.62. The van der Waals surface area contributed by atoms with Crippen LogP contribution in [0.3, 0.4) is 0 Å². The van der Waals surface area contributed by atoms with Gasteiger partial charge in [0.2, 0.25) is 0 Å². The van der Waals surface area contributed by atoms with Gasteiger partial charge in [-0.25, -0.2) is 8.42 Å². The van der Waals surface area contributed by atoms with Crippen LogP contribution < -0.4 is 4.72 Å². The maximum atomic E-state index is 12.4. The molecule has 100 valence electrons. The molecule has 1 N–H and O–H groups in total. The Morgan fingerprint density at radius 2 is 1.68 bits per heavy atom. The van der Waals surface area contributed by atoms with Crippen molar-refractivity contribution >= 4 is 27.3 Å². The molecule has 0 aliphatic heterocycles. The molecule has 2 rings (SSSR count). The van der Waals surface area contributed by atoms with Crippen LogP contribution in [0.5, 0.6) is 0 Å². The quantitative estimate of drug-likeness (QED) is 0.937. The number of para-hydroxylation sites is 1. The highest BCUT2D eigenvalue weighted by molar-refractivity contribution is 7.92. The zero-order valence-corrected chi connectivity index (χ0v) is 12.2. The first-order valence-corrected chi connectivity index (χ1v) is 7.61. The van der Waals surface area contributed by atoms with E-state index >= 15 is 0 Å². The van der Waals surface area contributed by atoms with E-state index in [0.29, 0.717) is 16.3 Å². The summed E-state index contributed by atoms with van der Waals surface area (Å²) in [5.41, 5.74) is 1.98. The Hall–Kier alpha value is -1.52. The van der Waals surface area contributed by atoms with Gasteiger partial charge in [0.15, 0.2) is 0 Å². The lowest BCUT2D eigenvalue weighted by Crippen LogP contribution is -2.15. The van der Waals surface area contributed by atoms with Crippen molar-refractivity contribution in [2.75, 3.05) is 4.72 Å². The molecule has 0 fully saturated rings. The van der Waals surface area contributed by atoms with Gasteiger partial charge >= 0.3 is 0 Å². The molecule has 0 atom stereocenters. The molecule has 2 aromatic rings. The van der Waals surface area contributed by atoms with Crippen LogP contribution in [0.25, 0.3) is 0 Å². The Bertz CT molecular complexity index is 711. The van der Waals surface area contributed by atoms with Crippen LogP contribution in [0.15, 0.2) is 47.4 Å². The summed E-state index contributed by atoms with van der Waals surface area (Å²) in [6.45, 7) is 3.54. The van der Waals surface area contributed by atoms with Gasteiger partial charge in [-0.05, 0) is 43.2 Å². The number of halogens is 1. The van der Waals surface area contributed by atoms with Crippen molar-refractivity contribution in [3.63, 3.8) is 0 Å². The fourth-order valence-electron chi connectivity index (χ4n) is 1.77. The molecule has 0 saturated heterocycles. The number of hydrogen-bond acceptors (Lipinski definition) is 2. The number of rotatable bonds is 3. The summed E-state index contributed by atoms with van der Waals surface area (Å²) >= 11 is 5.96. The van der Waals surface area contributed by atoms with Gasteiger partial charge in [0.05, 0.1) is 10.6 Å². The fraction of sp³-hybridized carbons (Fsp3) is 0.143. The molecule has 0 bridgehead atoms. The van der Waals surface area contributed by atoms with E-state index in [-0.39, 0.29) is 4.90 Å². The van der Waals surface area contributed by atoms with Gasteiger partial charge in [-0.3, -0.25) is 4.72 Å². The summed E-state index contributed by atoms with van der Waals surface area (Å²) in [4.78, 5) is 0.197. The lowest BCUT2D eigenvalue weighted by Gasteiger charge is -2.12. The number of anilines is 1. The molecule has 0 radical (unpaired) electrons. The molecule has 0 aliphatic carbocycles. The highest BCUT2D eigenvalue weighted by atomic mass is 35.5. The van der Waals surface area contributed by atoms with E-state index in [1.165, 1.54) is 0 Å². The number of hydrogen-bond donors (Lipinski definition) is 1. The molecular weight excluding hydrogens is 282 g/mol. The zero-order valence-electron chi connectivity index (χ0n) is 10.6. The van der Waals surface area contributed by atoms with Gasteiger partial charge in [0.1, 0.15) is 0 Å². The topological polar surface area (TPSA) is 46.2 Å². The predicted molar refractivity (Wildman–Crippen MR) is 78.2 cm³/mol. The number of benzene rings is 2. The van der Waals surface area contributed by atoms with Crippen LogP contribution in [-0.4, -0.2) is 8.42 Å². The van der Waals surface area contributed by atoms with Gasteiger partial charge in [0, 0.05) is 5.02 Å². The molecule has 0 aliphatic rings. The van der Waals surface area contributed by atoms with Gasteiger partial charge < -0.3 is 0 Å². The van der Waals surface area contributed by atoms with Crippen LogP contribution in [0.4, 0.5) is 5.69 Å². The van der Waals surface area contributed by atoms with Crippen LogP contribution in [0.1, 0.15) is 11.1 Å². The number of nitrogens with one attached hydrogen (secondary N) is 1. The van der Waals surface area contributed by atoms with Gasteiger partial charge in [-0.1, -0.05) is 35.9 Å². The van der Waals surface area contributed by atoms with E-state index in [4.69, 9.17) is 11.6 Å². The van der Waals surface area contributed by atoms with Crippen LogP contribution in [-0.2, 0) is 10.0 Å². The molecule has 0 saturated carbocycles. The van der Waals surface area contributed by atoms with Crippen molar-refractivity contribution in [3.8, 4) is 0 Å². The second kappa shape index (κ2) is 5.23. The van der Waals surface area contributed by atoms with E-state index in [9.17, 15) is 8.42 Å². The standard InChI is InChI=1S/C14H14ClNO2S/c1-10-6-3-4-8-13(10)16-19(17,18)14-9-5-7-12(15)11(14)2/h3-9,16H,1-2H3. The molecule has 2 aromatic carbocycles. The lowest BCUT2D eigenvalue weighted by atomic mass is 10.2. The normalized spacial score (nSPS) is 11.3. The van der Waals surface area contributed by atoms with Crippen LogP contribution in [0, 0.1) is 13.8 Å². The summed E-state index contributed by atoms with van der Waals surface area (Å²) < 4.78 is 27.3. The third kappa shape index (κ3) is 2.91. The molecule has 19 heavy (non-hydrogen) atoms. The predicted octanol–water partition coefficient (Wildman–Crippen LogP) is 3.76. The van der Waals surface area contributed by atoms with E-state index in [0.717, 1.165) is 5.56 Å². The van der Waals surface area contributed by atoms with Crippen LogP contribution in [0.2, 0.25) is 5.02 Å². The maximum Gasteiger partial charge on any atom is 0.262 e. The molecule has 0 amide bonds. The first-order valence-electron chi connectivity index (χ1n) is 5.75. The van der Waals surface area contributed by atoms with Crippen molar-refractivity contribution in [2.45, 2.75) is 18.7 Å². The summed E-state index contributed by atoms with van der Waals surface area (Å²) in [6.07, 6.45) is 0. The van der Waals surface area contributed by atoms with Crippen molar-refractivity contribution in [3.05, 3.63) is 58.6 Å². The Morgan fingerprint density at radius 3 is 2.37 bits per heavy atom. The molecule has 0 heterocycles. The summed E-state index contributed by atoms with van der Waals surface area (Å²) in [5, 5.41) is 0.438. The third-order valence-corrected chi connectivity index (χ3v) is 4.82. The van der Waals surface area contributed by atoms with Gasteiger partial charge in [-0.2, -0.15) is 0 Å². The monoisotopic (exact) mass is 295 g/mol. The molecular formula is C14H14ClNO2S. The van der Waals surface area contributed by atoms with E-state index in [1.807, 2.05) is 19.1 Å². The summed E-state index contributed by atoms with van der Waals surface area (Å²) in [7, 11) is -3.62. The molecule has 3 nitrogen and oxygen atoms in total. The third-order valence-electron chi connectivity index (χ3n) is 2.90. The van der Waals surface area contributed by atoms with Crippen molar-refractivity contribution in [1.82, 2.24) is 0 Å². The Balaban J connectivity index is 2.44. The van der Waals surface area contributed by atoms with Crippen molar-refractivity contribution in [1.29, 1.82) is 0 Å². The molecule has 5 heteroatoms. The molecule has 0 unspecified atom stereocenters. The fourth-order valence-corrected chi connectivity index (χ4v) is 3.40. The Labute approximate surface area is 118 Å². The minimum absolute atomic E-state index is 0.197. The second-order valence-electron chi connectivity index (χ2n) is 4.28. The Kier molecular flexibility index (Phi) is 3.83. The smallest absolute Gasteiger partial charge is 0.262 e. The number of aryl methyl sites for hydroxylation is 1. The van der Waals surface area contributed by atoms with Crippen LogP contribution >= 0.6 is 11.6 Å². The first-order chi connectivity index (χ1) is 8.92. The van der Waals surface area contributed by atoms with Gasteiger partial charge in [-0.15, -0.1) is 0 Å². The highest BCUT2D eigenvalue weighted by Gasteiger charge is 2.18. The van der Waals surface area contributed by atoms with E-state index < -0.39 is 10.0 Å². The molecule has 0 aromatic heterocycles. The van der Waals surface area contributed by atoms with E-state index in [2.05, 4.69) is 4.72 Å². The number of sulfonamides is 1. The van der Waals surface area contributed by atoms with Crippen molar-refractivity contribution < 1.29 is 8.42 Å².